The second-order valence-electron chi connectivity index (χ2n) is 5.05. The molecule has 0 aliphatic heterocycles. The average Bonchev–Trinajstić information content (AvgIpc) is 2.44. The maximum Gasteiger partial charge on any atom is 0.118 e. The molecule has 0 aromatic heterocycles. The lowest BCUT2D eigenvalue weighted by atomic mass is 10.2. The highest BCUT2D eigenvalue weighted by Gasteiger charge is 2.04. The number of hydrogen-bond acceptors (Lipinski definition) is 3. The van der Waals surface area contributed by atoms with E-state index in [9.17, 15) is 0 Å². The molecule has 1 aromatic carbocycles. The van der Waals surface area contributed by atoms with E-state index in [4.69, 9.17) is 4.74 Å². The van der Waals surface area contributed by atoms with Crippen molar-refractivity contribution in [3.05, 3.63) is 29.8 Å². The van der Waals surface area contributed by atoms with E-state index in [1.54, 1.807) is 7.11 Å². The topological polar surface area (TPSA) is 24.5 Å². The smallest absolute Gasteiger partial charge is 0.118 e. The van der Waals surface area contributed by atoms with E-state index in [1.165, 1.54) is 18.4 Å². The van der Waals surface area contributed by atoms with Crippen molar-refractivity contribution >= 4 is 0 Å². The number of nitrogens with one attached hydrogen (secondary N) is 1. The zero-order valence-electron chi connectivity index (χ0n) is 12.8. The van der Waals surface area contributed by atoms with Gasteiger partial charge < -0.3 is 15.0 Å². The van der Waals surface area contributed by atoms with Crippen LogP contribution in [0.4, 0.5) is 0 Å². The lowest BCUT2D eigenvalue weighted by Gasteiger charge is -2.20. The van der Waals surface area contributed by atoms with Crippen molar-refractivity contribution in [2.45, 2.75) is 39.3 Å². The Balaban J connectivity index is 2.28. The van der Waals surface area contributed by atoms with Gasteiger partial charge in [0.05, 0.1) is 7.11 Å². The highest BCUT2D eigenvalue weighted by molar-refractivity contribution is 5.26. The summed E-state index contributed by atoms with van der Waals surface area (Å²) in [4.78, 5) is 2.34. The molecule has 0 unspecified atom stereocenters. The first kappa shape index (κ1) is 16.0. The fraction of sp³-hybridized carbons (Fsp3) is 0.625. The molecular weight excluding hydrogens is 236 g/mol. The third-order valence-electron chi connectivity index (χ3n) is 3.52. The molecule has 0 bridgehead atoms. The van der Waals surface area contributed by atoms with E-state index in [2.05, 4.69) is 43.2 Å². The number of methoxy groups -OCH3 is 1. The zero-order valence-corrected chi connectivity index (χ0v) is 12.8. The van der Waals surface area contributed by atoms with Gasteiger partial charge in [-0.1, -0.05) is 26.0 Å². The molecule has 1 N–H and O–H groups in total. The quantitative estimate of drug-likeness (QED) is 0.742. The van der Waals surface area contributed by atoms with Crippen molar-refractivity contribution in [3.8, 4) is 5.75 Å². The number of hydrogen-bond donors (Lipinski definition) is 1. The van der Waals surface area contributed by atoms with E-state index in [1.807, 2.05) is 12.1 Å². The average molecular weight is 264 g/mol. The Morgan fingerprint density at radius 1 is 1.16 bits per heavy atom. The van der Waals surface area contributed by atoms with Gasteiger partial charge in [0.15, 0.2) is 0 Å². The van der Waals surface area contributed by atoms with Crippen LogP contribution in [-0.2, 0) is 6.54 Å². The van der Waals surface area contributed by atoms with Crippen molar-refractivity contribution in [2.75, 3.05) is 27.2 Å². The third kappa shape index (κ3) is 6.08. The molecule has 3 heteroatoms. The molecular formula is C16H28N2O. The summed E-state index contributed by atoms with van der Waals surface area (Å²) in [5.41, 5.74) is 1.32. The van der Waals surface area contributed by atoms with Gasteiger partial charge in [0, 0.05) is 25.7 Å². The Hall–Kier alpha value is -1.06. The molecule has 1 rings (SSSR count). The number of rotatable bonds is 9. The van der Waals surface area contributed by atoms with Gasteiger partial charge in [-0.3, -0.25) is 0 Å². The molecule has 0 saturated carbocycles. The first-order valence-corrected chi connectivity index (χ1v) is 7.24. The van der Waals surface area contributed by atoms with Gasteiger partial charge in [-0.25, -0.2) is 0 Å². The molecule has 0 fully saturated rings. The number of ether oxygens (including phenoxy) is 1. The highest BCUT2D eigenvalue weighted by Crippen LogP contribution is 2.12. The van der Waals surface area contributed by atoms with Crippen LogP contribution in [-0.4, -0.2) is 38.2 Å². The molecule has 1 aromatic rings. The maximum atomic E-state index is 5.17. The molecule has 0 saturated heterocycles. The van der Waals surface area contributed by atoms with Crippen molar-refractivity contribution in [1.82, 2.24) is 10.2 Å². The molecule has 0 spiro atoms. The first-order chi connectivity index (χ1) is 9.19. The first-order valence-electron chi connectivity index (χ1n) is 7.24. The number of likely N-dealkylation sites (N-methyl/N-ethyl adjacent to an activating group) is 1. The second kappa shape index (κ2) is 8.94. The van der Waals surface area contributed by atoms with Crippen LogP contribution in [0.15, 0.2) is 24.3 Å². The van der Waals surface area contributed by atoms with Gasteiger partial charge >= 0.3 is 0 Å². The summed E-state index contributed by atoms with van der Waals surface area (Å²) in [6.07, 6.45) is 2.41. The fourth-order valence-electron chi connectivity index (χ4n) is 2.16. The lowest BCUT2D eigenvalue weighted by Crippen LogP contribution is -2.35. The molecule has 19 heavy (non-hydrogen) atoms. The van der Waals surface area contributed by atoms with E-state index < -0.39 is 0 Å². The summed E-state index contributed by atoms with van der Waals surface area (Å²) >= 11 is 0. The Morgan fingerprint density at radius 2 is 1.79 bits per heavy atom. The standard InChI is InChI=1S/C16H28N2O/c1-5-15(6-2)17-11-12-18(3)13-14-7-9-16(19-4)10-8-14/h7-10,15,17H,5-6,11-13H2,1-4H3. The van der Waals surface area contributed by atoms with Gasteiger partial charge in [0.25, 0.3) is 0 Å². The monoisotopic (exact) mass is 264 g/mol. The molecule has 0 aliphatic carbocycles. The van der Waals surface area contributed by atoms with Gasteiger partial charge in [0.2, 0.25) is 0 Å². The van der Waals surface area contributed by atoms with Gasteiger partial charge in [-0.15, -0.1) is 0 Å². The molecule has 0 heterocycles. The predicted molar refractivity (Wildman–Crippen MR) is 81.7 cm³/mol. The number of nitrogens with zero attached hydrogens (tertiary/aromatic N) is 1. The highest BCUT2D eigenvalue weighted by atomic mass is 16.5. The largest absolute Gasteiger partial charge is 0.497 e. The number of benzene rings is 1. The van der Waals surface area contributed by atoms with Crippen LogP contribution in [0.1, 0.15) is 32.3 Å². The minimum absolute atomic E-state index is 0.661. The summed E-state index contributed by atoms with van der Waals surface area (Å²) in [5, 5.41) is 3.59. The molecule has 0 atom stereocenters. The summed E-state index contributed by atoms with van der Waals surface area (Å²) in [6, 6.07) is 8.96. The Kier molecular flexibility index (Phi) is 7.53. The summed E-state index contributed by atoms with van der Waals surface area (Å²) < 4.78 is 5.17. The van der Waals surface area contributed by atoms with E-state index >= 15 is 0 Å². The molecule has 3 nitrogen and oxygen atoms in total. The Bertz CT molecular complexity index is 333. The minimum Gasteiger partial charge on any atom is -0.497 e. The van der Waals surface area contributed by atoms with E-state index in [0.29, 0.717) is 6.04 Å². The lowest BCUT2D eigenvalue weighted by molar-refractivity contribution is 0.314. The molecule has 108 valence electrons. The summed E-state index contributed by atoms with van der Waals surface area (Å²) in [7, 11) is 3.86. The fourth-order valence-corrected chi connectivity index (χ4v) is 2.16. The Morgan fingerprint density at radius 3 is 2.32 bits per heavy atom. The van der Waals surface area contributed by atoms with Gasteiger partial charge in [-0.2, -0.15) is 0 Å². The third-order valence-corrected chi connectivity index (χ3v) is 3.52. The van der Waals surface area contributed by atoms with Crippen LogP contribution in [0, 0.1) is 0 Å². The predicted octanol–water partition coefficient (Wildman–Crippen LogP) is 2.91. The van der Waals surface area contributed by atoms with Crippen LogP contribution in [0.5, 0.6) is 5.75 Å². The van der Waals surface area contributed by atoms with E-state index in [0.717, 1.165) is 25.4 Å². The summed E-state index contributed by atoms with van der Waals surface area (Å²) in [5.74, 6) is 0.918. The zero-order chi connectivity index (χ0) is 14.1. The second-order valence-corrected chi connectivity index (χ2v) is 5.05. The van der Waals surface area contributed by atoms with Gasteiger partial charge in [-0.05, 0) is 37.6 Å². The molecule has 0 radical (unpaired) electrons. The van der Waals surface area contributed by atoms with Crippen molar-refractivity contribution < 1.29 is 4.74 Å². The van der Waals surface area contributed by atoms with Crippen LogP contribution in [0.2, 0.25) is 0 Å². The van der Waals surface area contributed by atoms with Crippen LogP contribution < -0.4 is 10.1 Å². The van der Waals surface area contributed by atoms with Crippen LogP contribution in [0.25, 0.3) is 0 Å². The molecule has 0 aliphatic rings. The normalized spacial score (nSPS) is 11.3. The van der Waals surface area contributed by atoms with Gasteiger partial charge in [0.1, 0.15) is 5.75 Å². The van der Waals surface area contributed by atoms with E-state index in [-0.39, 0.29) is 0 Å². The van der Waals surface area contributed by atoms with Crippen LogP contribution in [0.3, 0.4) is 0 Å². The van der Waals surface area contributed by atoms with Crippen molar-refractivity contribution in [1.29, 1.82) is 0 Å². The van der Waals surface area contributed by atoms with Crippen LogP contribution >= 0.6 is 0 Å². The molecule has 0 amide bonds. The summed E-state index contributed by atoms with van der Waals surface area (Å²) in [6.45, 7) is 7.58. The maximum absolute atomic E-state index is 5.17. The SMILES string of the molecule is CCC(CC)NCCN(C)Cc1ccc(OC)cc1. The van der Waals surface area contributed by atoms with Crippen molar-refractivity contribution in [2.24, 2.45) is 0 Å². The Labute approximate surface area is 118 Å². The van der Waals surface area contributed by atoms with Crippen molar-refractivity contribution in [3.63, 3.8) is 0 Å². The minimum atomic E-state index is 0.661.